The molecule has 1 aromatic carbocycles. The number of anilines is 1. The number of nitrogens with zero attached hydrogens (tertiary/aromatic N) is 1. The van der Waals surface area contributed by atoms with Gasteiger partial charge in [0.2, 0.25) is 10.0 Å². The maximum absolute atomic E-state index is 12.1. The summed E-state index contributed by atoms with van der Waals surface area (Å²) in [5.74, 6) is 0. The molecular formula is C13H23N3O2S. The average Bonchev–Trinajstić information content (AvgIpc) is 2.36. The van der Waals surface area contributed by atoms with E-state index < -0.39 is 10.0 Å². The maximum atomic E-state index is 12.1. The maximum Gasteiger partial charge on any atom is 0.242 e. The fourth-order valence-electron chi connectivity index (χ4n) is 1.58. The minimum atomic E-state index is -3.43. The molecule has 0 saturated carbocycles. The molecule has 0 radical (unpaired) electrons. The third-order valence-electron chi connectivity index (χ3n) is 2.59. The Labute approximate surface area is 116 Å². The van der Waals surface area contributed by atoms with Crippen molar-refractivity contribution in [2.24, 2.45) is 0 Å². The average molecular weight is 285 g/mol. The first-order valence-electron chi connectivity index (χ1n) is 6.44. The molecule has 0 aromatic heterocycles. The number of hydrogen-bond acceptors (Lipinski definition) is 4. The summed E-state index contributed by atoms with van der Waals surface area (Å²) in [4.78, 5) is 2.35. The van der Waals surface area contributed by atoms with Crippen molar-refractivity contribution in [3.05, 3.63) is 24.3 Å². The smallest absolute Gasteiger partial charge is 0.242 e. The molecule has 0 bridgehead atoms. The van der Waals surface area contributed by atoms with E-state index in [-0.39, 0.29) is 0 Å². The zero-order valence-corrected chi connectivity index (χ0v) is 12.6. The summed E-state index contributed by atoms with van der Waals surface area (Å²) in [6, 6.07) is 6.97. The quantitative estimate of drug-likeness (QED) is 0.757. The molecule has 0 amide bonds. The van der Waals surface area contributed by atoms with Gasteiger partial charge in [-0.3, -0.25) is 0 Å². The molecule has 0 unspecified atom stereocenters. The lowest BCUT2D eigenvalue weighted by Gasteiger charge is -2.15. The van der Waals surface area contributed by atoms with Crippen LogP contribution in [0.25, 0.3) is 0 Å². The molecule has 0 aliphatic carbocycles. The molecule has 2 N–H and O–H groups in total. The molecule has 6 heteroatoms. The van der Waals surface area contributed by atoms with Gasteiger partial charge in [-0.2, -0.15) is 0 Å². The monoisotopic (exact) mass is 285 g/mol. The first-order valence-corrected chi connectivity index (χ1v) is 7.93. The second-order valence-electron chi connectivity index (χ2n) is 4.62. The van der Waals surface area contributed by atoms with Crippen molar-refractivity contribution in [3.63, 3.8) is 0 Å². The number of likely N-dealkylation sites (N-methyl/N-ethyl adjacent to an activating group) is 1. The lowest BCUT2D eigenvalue weighted by Crippen LogP contribution is -2.26. The van der Waals surface area contributed by atoms with Gasteiger partial charge in [-0.15, -0.1) is 0 Å². The first-order chi connectivity index (χ1) is 8.97. The van der Waals surface area contributed by atoms with Crippen LogP contribution in [0.5, 0.6) is 0 Å². The highest BCUT2D eigenvalue weighted by atomic mass is 32.2. The van der Waals surface area contributed by atoms with Gasteiger partial charge >= 0.3 is 0 Å². The van der Waals surface area contributed by atoms with Gasteiger partial charge in [0.05, 0.1) is 5.69 Å². The van der Waals surface area contributed by atoms with Gasteiger partial charge in [0.25, 0.3) is 0 Å². The molecular weight excluding hydrogens is 262 g/mol. The van der Waals surface area contributed by atoms with Gasteiger partial charge in [-0.1, -0.05) is 19.1 Å². The highest BCUT2D eigenvalue weighted by Crippen LogP contribution is 2.20. The molecule has 0 heterocycles. The molecule has 108 valence electrons. The topological polar surface area (TPSA) is 61.4 Å². The van der Waals surface area contributed by atoms with E-state index in [9.17, 15) is 8.42 Å². The SMILES string of the molecule is CCCNS(=O)(=O)c1ccccc1NCCN(C)C. The Morgan fingerprint density at radius 2 is 1.84 bits per heavy atom. The summed E-state index contributed by atoms with van der Waals surface area (Å²) in [6.45, 7) is 3.93. The number of benzene rings is 1. The highest BCUT2D eigenvalue weighted by molar-refractivity contribution is 7.89. The second kappa shape index (κ2) is 7.47. The number of para-hydroxylation sites is 1. The molecule has 1 aromatic rings. The summed E-state index contributed by atoms with van der Waals surface area (Å²) in [5.41, 5.74) is 0.646. The highest BCUT2D eigenvalue weighted by Gasteiger charge is 2.16. The van der Waals surface area contributed by atoms with Crippen LogP contribution in [0.3, 0.4) is 0 Å². The zero-order chi connectivity index (χ0) is 14.3. The second-order valence-corrected chi connectivity index (χ2v) is 6.36. The van der Waals surface area contributed by atoms with Crippen LogP contribution in [0, 0.1) is 0 Å². The third kappa shape index (κ3) is 5.18. The fourth-order valence-corrected chi connectivity index (χ4v) is 2.89. The van der Waals surface area contributed by atoms with Gasteiger partial charge in [0, 0.05) is 19.6 Å². The number of sulfonamides is 1. The fraction of sp³-hybridized carbons (Fsp3) is 0.538. The summed E-state index contributed by atoms with van der Waals surface area (Å²) in [7, 11) is 0.529. The van der Waals surface area contributed by atoms with Crippen LogP contribution in [0.15, 0.2) is 29.2 Å². The lowest BCUT2D eigenvalue weighted by atomic mass is 10.3. The lowest BCUT2D eigenvalue weighted by molar-refractivity contribution is 0.425. The van der Waals surface area contributed by atoms with Crippen molar-refractivity contribution in [3.8, 4) is 0 Å². The standard InChI is InChI=1S/C13H23N3O2S/c1-4-9-15-19(17,18)13-8-6-5-7-12(13)14-10-11-16(2)3/h5-8,14-15H,4,9-11H2,1-3H3. The molecule has 0 spiro atoms. The van der Waals surface area contributed by atoms with Gasteiger partial charge in [-0.25, -0.2) is 13.1 Å². The Balaban J connectivity index is 2.83. The number of hydrogen-bond donors (Lipinski definition) is 2. The van der Waals surface area contributed by atoms with E-state index in [2.05, 4.69) is 10.0 Å². The molecule has 0 saturated heterocycles. The third-order valence-corrected chi connectivity index (χ3v) is 4.11. The van der Waals surface area contributed by atoms with Crippen molar-refractivity contribution in [1.29, 1.82) is 0 Å². The number of rotatable bonds is 8. The predicted octanol–water partition coefficient (Wildman–Crippen LogP) is 1.35. The molecule has 19 heavy (non-hydrogen) atoms. The molecule has 0 aliphatic rings. The van der Waals surface area contributed by atoms with Crippen molar-refractivity contribution >= 4 is 15.7 Å². The largest absolute Gasteiger partial charge is 0.383 e. The summed E-state index contributed by atoms with van der Waals surface area (Å²) >= 11 is 0. The minimum Gasteiger partial charge on any atom is -0.383 e. The molecule has 0 atom stereocenters. The van der Waals surface area contributed by atoms with E-state index in [4.69, 9.17) is 0 Å². The van der Waals surface area contributed by atoms with E-state index in [1.165, 1.54) is 0 Å². The van der Waals surface area contributed by atoms with E-state index in [1.807, 2.05) is 32.0 Å². The van der Waals surface area contributed by atoms with E-state index in [1.54, 1.807) is 18.2 Å². The van der Waals surface area contributed by atoms with Crippen LogP contribution in [0.4, 0.5) is 5.69 Å². The molecule has 0 fully saturated rings. The van der Waals surface area contributed by atoms with Crippen LogP contribution >= 0.6 is 0 Å². The minimum absolute atomic E-state index is 0.308. The summed E-state index contributed by atoms with van der Waals surface area (Å²) in [6.07, 6.45) is 0.773. The van der Waals surface area contributed by atoms with Gasteiger partial charge in [0.15, 0.2) is 0 Å². The van der Waals surface area contributed by atoms with Crippen LogP contribution in [-0.2, 0) is 10.0 Å². The Kier molecular flexibility index (Phi) is 6.27. The first kappa shape index (κ1) is 15.9. The van der Waals surface area contributed by atoms with Crippen molar-refractivity contribution in [2.75, 3.05) is 39.0 Å². The van der Waals surface area contributed by atoms with Crippen LogP contribution in [0.2, 0.25) is 0 Å². The molecule has 5 nitrogen and oxygen atoms in total. The Bertz CT molecular complexity index is 486. The van der Waals surface area contributed by atoms with E-state index in [0.29, 0.717) is 23.7 Å². The Morgan fingerprint density at radius 1 is 1.16 bits per heavy atom. The van der Waals surface area contributed by atoms with Crippen LogP contribution < -0.4 is 10.0 Å². The van der Waals surface area contributed by atoms with Crippen molar-refractivity contribution < 1.29 is 8.42 Å². The predicted molar refractivity (Wildman–Crippen MR) is 79.0 cm³/mol. The van der Waals surface area contributed by atoms with Gasteiger partial charge in [-0.05, 0) is 32.6 Å². The number of nitrogens with one attached hydrogen (secondary N) is 2. The molecule has 0 aliphatic heterocycles. The summed E-state index contributed by atoms with van der Waals surface area (Å²) < 4.78 is 26.9. The van der Waals surface area contributed by atoms with Crippen molar-refractivity contribution in [1.82, 2.24) is 9.62 Å². The van der Waals surface area contributed by atoms with Gasteiger partial charge < -0.3 is 10.2 Å². The van der Waals surface area contributed by atoms with E-state index >= 15 is 0 Å². The van der Waals surface area contributed by atoms with Crippen molar-refractivity contribution in [2.45, 2.75) is 18.2 Å². The molecule has 1 rings (SSSR count). The Morgan fingerprint density at radius 3 is 2.47 bits per heavy atom. The van der Waals surface area contributed by atoms with E-state index in [0.717, 1.165) is 13.0 Å². The zero-order valence-electron chi connectivity index (χ0n) is 11.8. The van der Waals surface area contributed by atoms with Gasteiger partial charge in [0.1, 0.15) is 4.90 Å². The van der Waals surface area contributed by atoms with Crippen LogP contribution in [0.1, 0.15) is 13.3 Å². The Hall–Kier alpha value is -1.11. The normalized spacial score (nSPS) is 11.8. The van der Waals surface area contributed by atoms with Crippen LogP contribution in [-0.4, -0.2) is 47.0 Å². The summed E-state index contributed by atoms with van der Waals surface area (Å²) in [5, 5.41) is 3.17.